The molecule has 3 heteroatoms. The third-order valence-corrected chi connectivity index (χ3v) is 3.86. The Morgan fingerprint density at radius 3 is 2.59 bits per heavy atom. The molecule has 94 valence electrons. The summed E-state index contributed by atoms with van der Waals surface area (Å²) in [5, 5.41) is 9.59. The van der Waals surface area contributed by atoms with Crippen molar-refractivity contribution in [2.45, 2.75) is 32.8 Å². The van der Waals surface area contributed by atoms with Crippen LogP contribution in [0.1, 0.15) is 25.3 Å². The molecule has 1 aromatic rings. The Kier molecular flexibility index (Phi) is 3.57. The molecule has 1 aliphatic rings. The van der Waals surface area contributed by atoms with Crippen LogP contribution in [0.25, 0.3) is 0 Å². The highest BCUT2D eigenvalue weighted by atomic mass is 16.3. The Balaban J connectivity index is 2.08. The van der Waals surface area contributed by atoms with Gasteiger partial charge in [0.1, 0.15) is 0 Å². The molecule has 0 radical (unpaired) electrons. The molecule has 3 nitrogen and oxygen atoms in total. The van der Waals surface area contributed by atoms with Gasteiger partial charge in [-0.25, -0.2) is 0 Å². The quantitative estimate of drug-likeness (QED) is 0.771. The molecule has 1 aromatic carbocycles. The lowest BCUT2D eigenvalue weighted by atomic mass is 9.92. The van der Waals surface area contributed by atoms with Gasteiger partial charge in [-0.15, -0.1) is 0 Å². The van der Waals surface area contributed by atoms with Crippen LogP contribution in [0, 0.1) is 12.8 Å². The normalized spacial score (nSPS) is 19.4. The first-order valence-electron chi connectivity index (χ1n) is 6.37. The molecule has 2 rings (SSSR count). The molecule has 17 heavy (non-hydrogen) atoms. The summed E-state index contributed by atoms with van der Waals surface area (Å²) in [6.45, 7) is 5.91. The van der Waals surface area contributed by atoms with Gasteiger partial charge >= 0.3 is 0 Å². The number of nitrogens with two attached hydrogens (primary N) is 1. The van der Waals surface area contributed by atoms with E-state index in [1.54, 1.807) is 0 Å². The monoisotopic (exact) mass is 234 g/mol. The summed E-state index contributed by atoms with van der Waals surface area (Å²) in [6, 6.07) is 6.19. The average molecular weight is 234 g/mol. The number of aryl methyl sites for hydroxylation is 1. The van der Waals surface area contributed by atoms with E-state index in [-0.39, 0.29) is 6.10 Å². The first-order chi connectivity index (χ1) is 8.09. The number of nitrogen functional groups attached to an aromatic ring is 1. The zero-order valence-corrected chi connectivity index (χ0v) is 10.7. The van der Waals surface area contributed by atoms with Crippen LogP contribution < -0.4 is 10.6 Å². The van der Waals surface area contributed by atoms with Gasteiger partial charge in [0.15, 0.2) is 0 Å². The highest BCUT2D eigenvalue weighted by molar-refractivity contribution is 5.71. The fourth-order valence-corrected chi connectivity index (χ4v) is 2.56. The van der Waals surface area contributed by atoms with Crippen molar-refractivity contribution < 1.29 is 5.11 Å². The minimum atomic E-state index is -0.188. The van der Waals surface area contributed by atoms with E-state index in [0.717, 1.165) is 42.9 Å². The van der Waals surface area contributed by atoms with Crippen LogP contribution in [0.4, 0.5) is 11.4 Å². The molecule has 1 fully saturated rings. The maximum Gasteiger partial charge on any atom is 0.0602 e. The van der Waals surface area contributed by atoms with E-state index in [4.69, 9.17) is 5.73 Å². The second-order valence-electron chi connectivity index (χ2n) is 5.07. The zero-order chi connectivity index (χ0) is 12.4. The van der Waals surface area contributed by atoms with E-state index in [9.17, 15) is 5.11 Å². The van der Waals surface area contributed by atoms with Crippen molar-refractivity contribution in [2.24, 2.45) is 5.92 Å². The van der Waals surface area contributed by atoms with Gasteiger partial charge in [-0.3, -0.25) is 0 Å². The van der Waals surface area contributed by atoms with E-state index in [1.807, 2.05) is 19.9 Å². The highest BCUT2D eigenvalue weighted by Gasteiger charge is 2.23. The van der Waals surface area contributed by atoms with E-state index >= 15 is 0 Å². The fourth-order valence-electron chi connectivity index (χ4n) is 2.56. The van der Waals surface area contributed by atoms with Crippen molar-refractivity contribution in [1.29, 1.82) is 0 Å². The number of hydrogen-bond acceptors (Lipinski definition) is 3. The van der Waals surface area contributed by atoms with Crippen molar-refractivity contribution in [3.05, 3.63) is 23.8 Å². The second-order valence-corrected chi connectivity index (χ2v) is 5.07. The van der Waals surface area contributed by atoms with Gasteiger partial charge in [0.2, 0.25) is 0 Å². The van der Waals surface area contributed by atoms with E-state index in [0.29, 0.717) is 5.92 Å². The summed E-state index contributed by atoms with van der Waals surface area (Å²) < 4.78 is 0. The first kappa shape index (κ1) is 12.2. The molecule has 3 N–H and O–H groups in total. The third kappa shape index (κ3) is 2.55. The van der Waals surface area contributed by atoms with E-state index in [1.165, 1.54) is 0 Å². The predicted octanol–water partition coefficient (Wildman–Crippen LogP) is 2.17. The van der Waals surface area contributed by atoms with Gasteiger partial charge in [0.25, 0.3) is 0 Å². The summed E-state index contributed by atoms with van der Waals surface area (Å²) in [4.78, 5) is 2.33. The number of rotatable bonds is 2. The van der Waals surface area contributed by atoms with E-state index in [2.05, 4.69) is 17.0 Å². The molecule has 0 spiro atoms. The molecular weight excluding hydrogens is 212 g/mol. The minimum Gasteiger partial charge on any atom is -0.397 e. The molecule has 1 atom stereocenters. The molecule has 0 amide bonds. The van der Waals surface area contributed by atoms with Crippen LogP contribution in [0.3, 0.4) is 0 Å². The van der Waals surface area contributed by atoms with Crippen molar-refractivity contribution >= 4 is 11.4 Å². The summed E-state index contributed by atoms with van der Waals surface area (Å²) in [6.07, 6.45) is 1.91. The van der Waals surface area contributed by atoms with Gasteiger partial charge in [0, 0.05) is 13.1 Å². The lowest BCUT2D eigenvalue weighted by molar-refractivity contribution is 0.110. The van der Waals surface area contributed by atoms with Crippen molar-refractivity contribution in [2.75, 3.05) is 23.7 Å². The molecule has 0 aromatic heterocycles. The second kappa shape index (κ2) is 4.96. The maximum absolute atomic E-state index is 9.59. The lowest BCUT2D eigenvalue weighted by Crippen LogP contribution is -2.37. The fraction of sp³-hybridized carbons (Fsp3) is 0.571. The van der Waals surface area contributed by atoms with Gasteiger partial charge in [-0.1, -0.05) is 12.1 Å². The SMILES string of the molecule is Cc1cccc(N2CCC(C(C)O)CC2)c1N. The van der Waals surface area contributed by atoms with Crippen LogP contribution in [0.5, 0.6) is 0 Å². The molecule has 1 saturated heterocycles. The average Bonchev–Trinajstić information content (AvgIpc) is 2.33. The number of nitrogens with zero attached hydrogens (tertiary/aromatic N) is 1. The van der Waals surface area contributed by atoms with Crippen molar-refractivity contribution in [3.8, 4) is 0 Å². The molecule has 1 aliphatic heterocycles. The topological polar surface area (TPSA) is 49.5 Å². The number of anilines is 2. The number of piperidine rings is 1. The zero-order valence-electron chi connectivity index (χ0n) is 10.7. The lowest BCUT2D eigenvalue weighted by Gasteiger charge is -2.35. The Morgan fingerprint density at radius 1 is 1.35 bits per heavy atom. The molecule has 1 unspecified atom stereocenters. The van der Waals surface area contributed by atoms with Crippen LogP contribution in [0.2, 0.25) is 0 Å². The molecular formula is C14H22N2O. The number of aliphatic hydroxyl groups excluding tert-OH is 1. The number of para-hydroxylation sites is 1. The number of aliphatic hydroxyl groups is 1. The van der Waals surface area contributed by atoms with Crippen LogP contribution in [-0.4, -0.2) is 24.3 Å². The van der Waals surface area contributed by atoms with Gasteiger partial charge in [-0.2, -0.15) is 0 Å². The van der Waals surface area contributed by atoms with Crippen LogP contribution in [0.15, 0.2) is 18.2 Å². The molecule has 0 saturated carbocycles. The summed E-state index contributed by atoms with van der Waals surface area (Å²) in [7, 11) is 0. The highest BCUT2D eigenvalue weighted by Crippen LogP contribution is 2.30. The minimum absolute atomic E-state index is 0.188. The largest absolute Gasteiger partial charge is 0.397 e. The summed E-state index contributed by atoms with van der Waals surface area (Å²) in [5.74, 6) is 0.442. The van der Waals surface area contributed by atoms with E-state index < -0.39 is 0 Å². The predicted molar refractivity (Wildman–Crippen MR) is 72.2 cm³/mol. The number of benzene rings is 1. The van der Waals surface area contributed by atoms with Gasteiger partial charge < -0.3 is 15.7 Å². The Labute approximate surface area is 103 Å². The van der Waals surface area contributed by atoms with Crippen molar-refractivity contribution in [3.63, 3.8) is 0 Å². The Morgan fingerprint density at radius 2 is 2.00 bits per heavy atom. The first-order valence-corrected chi connectivity index (χ1v) is 6.37. The molecule has 0 aliphatic carbocycles. The smallest absolute Gasteiger partial charge is 0.0602 e. The molecule has 0 bridgehead atoms. The maximum atomic E-state index is 9.59. The standard InChI is InChI=1S/C14H22N2O/c1-10-4-3-5-13(14(10)15)16-8-6-12(7-9-16)11(2)17/h3-5,11-12,17H,6-9,15H2,1-2H3. The summed E-state index contributed by atoms with van der Waals surface area (Å²) in [5.41, 5.74) is 9.29. The Hall–Kier alpha value is -1.22. The van der Waals surface area contributed by atoms with Gasteiger partial charge in [0.05, 0.1) is 17.5 Å². The Bertz CT molecular complexity index is 382. The van der Waals surface area contributed by atoms with Gasteiger partial charge in [-0.05, 0) is 44.2 Å². The van der Waals surface area contributed by atoms with Crippen LogP contribution in [-0.2, 0) is 0 Å². The molecule has 1 heterocycles. The van der Waals surface area contributed by atoms with Crippen molar-refractivity contribution in [1.82, 2.24) is 0 Å². The summed E-state index contributed by atoms with van der Waals surface area (Å²) >= 11 is 0. The number of hydrogen-bond donors (Lipinski definition) is 2. The van der Waals surface area contributed by atoms with Crippen LogP contribution >= 0.6 is 0 Å². The third-order valence-electron chi connectivity index (χ3n) is 3.86.